The third kappa shape index (κ3) is 2.49. The number of benzene rings is 1. The van der Waals surface area contributed by atoms with Crippen LogP contribution in [0.1, 0.15) is 11.7 Å². The molecule has 9 nitrogen and oxygen atoms in total. The van der Waals surface area contributed by atoms with Crippen LogP contribution in [-0.2, 0) is 33.4 Å². The Hall–Kier alpha value is -2.94. The van der Waals surface area contributed by atoms with Gasteiger partial charge in [0.05, 0.1) is 33.4 Å². The molecule has 0 bridgehead atoms. The van der Waals surface area contributed by atoms with Crippen molar-refractivity contribution in [3.05, 3.63) is 29.8 Å². The fraction of sp³-hybridized carbons (Fsp3) is 0.444. The van der Waals surface area contributed by atoms with E-state index in [2.05, 4.69) is 0 Å². The van der Waals surface area contributed by atoms with Gasteiger partial charge in [-0.1, -0.05) is 12.1 Å². The summed E-state index contributed by atoms with van der Waals surface area (Å²) in [6.07, 6.45) is -1.01. The van der Waals surface area contributed by atoms with Gasteiger partial charge in [-0.05, 0) is 17.7 Å². The summed E-state index contributed by atoms with van der Waals surface area (Å²) < 4.78 is 20.4. The molecule has 9 heteroatoms. The third-order valence-corrected chi connectivity index (χ3v) is 5.07. The van der Waals surface area contributed by atoms with E-state index < -0.39 is 47.3 Å². The molecule has 144 valence electrons. The van der Waals surface area contributed by atoms with E-state index in [-0.39, 0.29) is 0 Å². The van der Waals surface area contributed by atoms with Gasteiger partial charge in [-0.15, -0.1) is 0 Å². The lowest BCUT2D eigenvalue weighted by molar-refractivity contribution is -0.192. The molecule has 2 amide bonds. The first-order chi connectivity index (χ1) is 12.8. The molecule has 2 saturated heterocycles. The fourth-order valence-corrected chi connectivity index (χ4v) is 3.72. The van der Waals surface area contributed by atoms with Gasteiger partial charge in [-0.25, -0.2) is 9.59 Å². The van der Waals surface area contributed by atoms with E-state index in [9.17, 15) is 19.2 Å². The van der Waals surface area contributed by atoms with E-state index in [4.69, 9.17) is 18.9 Å². The maximum Gasteiger partial charge on any atom is 0.350 e. The summed E-state index contributed by atoms with van der Waals surface area (Å²) in [5.74, 6) is -5.27. The Bertz CT molecular complexity index is 786. The van der Waals surface area contributed by atoms with Gasteiger partial charge in [0.2, 0.25) is 11.8 Å². The zero-order chi connectivity index (χ0) is 19.9. The van der Waals surface area contributed by atoms with Crippen LogP contribution in [0.3, 0.4) is 0 Å². The predicted octanol–water partition coefficient (Wildman–Crippen LogP) is 0.0823. The number of carbonyl (C=O) groups excluding carboxylic acids is 4. The summed E-state index contributed by atoms with van der Waals surface area (Å²) in [5.41, 5.74) is -1.84. The maximum absolute atomic E-state index is 12.7. The number of rotatable bonds is 4. The molecule has 2 aliphatic rings. The molecule has 0 saturated carbocycles. The molecule has 2 aliphatic heterocycles. The maximum atomic E-state index is 12.7. The second kappa shape index (κ2) is 6.66. The standard InChI is InChI=1S/C18H19NO8/c1-19-14(20)11-12(15(19)21)18(16(22)25-3,17(23)26-4)27-13(11)9-5-7-10(24-2)8-6-9/h5-8,11-13H,1-4H3/t11-,12+,13-/m1/s1. The molecule has 1 aromatic carbocycles. The smallest absolute Gasteiger partial charge is 0.350 e. The summed E-state index contributed by atoms with van der Waals surface area (Å²) in [6, 6.07) is 6.58. The van der Waals surface area contributed by atoms with Crippen molar-refractivity contribution in [2.45, 2.75) is 11.7 Å². The highest BCUT2D eigenvalue weighted by molar-refractivity contribution is 6.15. The van der Waals surface area contributed by atoms with E-state index >= 15 is 0 Å². The molecule has 2 fully saturated rings. The van der Waals surface area contributed by atoms with Crippen molar-refractivity contribution in [1.29, 1.82) is 0 Å². The van der Waals surface area contributed by atoms with Gasteiger partial charge in [0, 0.05) is 7.05 Å². The Kier molecular flexibility index (Phi) is 4.64. The van der Waals surface area contributed by atoms with Crippen LogP contribution < -0.4 is 4.74 Å². The normalized spacial score (nSPS) is 25.9. The topological polar surface area (TPSA) is 108 Å². The first-order valence-corrected chi connectivity index (χ1v) is 8.13. The van der Waals surface area contributed by atoms with Gasteiger partial charge in [0.15, 0.2) is 0 Å². The molecule has 27 heavy (non-hydrogen) atoms. The second-order valence-corrected chi connectivity index (χ2v) is 6.27. The molecule has 3 rings (SSSR count). The van der Waals surface area contributed by atoms with Gasteiger partial charge in [0.25, 0.3) is 5.60 Å². The minimum Gasteiger partial charge on any atom is -0.497 e. The highest BCUT2D eigenvalue weighted by Crippen LogP contribution is 2.53. The van der Waals surface area contributed by atoms with Crippen LogP contribution in [0.5, 0.6) is 5.75 Å². The van der Waals surface area contributed by atoms with Crippen LogP contribution in [0.2, 0.25) is 0 Å². The lowest BCUT2D eigenvalue weighted by Gasteiger charge is -2.28. The fourth-order valence-electron chi connectivity index (χ4n) is 3.72. The van der Waals surface area contributed by atoms with Crippen LogP contribution in [0.25, 0.3) is 0 Å². The highest BCUT2D eigenvalue weighted by Gasteiger charge is 2.74. The summed E-state index contributed by atoms with van der Waals surface area (Å²) in [4.78, 5) is 51.5. The van der Waals surface area contributed by atoms with Crippen LogP contribution in [0, 0.1) is 11.8 Å². The van der Waals surface area contributed by atoms with Gasteiger partial charge < -0.3 is 18.9 Å². The molecular formula is C18H19NO8. The zero-order valence-electron chi connectivity index (χ0n) is 15.3. The van der Waals surface area contributed by atoms with Crippen molar-refractivity contribution in [1.82, 2.24) is 4.90 Å². The van der Waals surface area contributed by atoms with Gasteiger partial charge in [-0.3, -0.25) is 14.5 Å². The number of nitrogens with zero attached hydrogens (tertiary/aromatic N) is 1. The van der Waals surface area contributed by atoms with Crippen LogP contribution in [0.4, 0.5) is 0 Å². The number of methoxy groups -OCH3 is 3. The number of hydrogen-bond acceptors (Lipinski definition) is 8. The molecule has 2 heterocycles. The summed E-state index contributed by atoms with van der Waals surface area (Å²) in [6.45, 7) is 0. The number of fused-ring (bicyclic) bond motifs is 1. The monoisotopic (exact) mass is 377 g/mol. The number of imide groups is 1. The van der Waals surface area contributed by atoms with Crippen molar-refractivity contribution in [3.8, 4) is 5.75 Å². The van der Waals surface area contributed by atoms with E-state index in [1.165, 1.54) is 14.2 Å². The number of hydrogen-bond donors (Lipinski definition) is 0. The van der Waals surface area contributed by atoms with Crippen molar-refractivity contribution >= 4 is 23.8 Å². The molecule has 0 aromatic heterocycles. The van der Waals surface area contributed by atoms with Crippen LogP contribution in [-0.4, -0.2) is 62.6 Å². The first kappa shape index (κ1) is 18.8. The van der Waals surface area contributed by atoms with E-state index in [1.54, 1.807) is 24.3 Å². The van der Waals surface area contributed by atoms with Crippen LogP contribution >= 0.6 is 0 Å². The Morgan fingerprint density at radius 2 is 1.56 bits per heavy atom. The molecule has 0 radical (unpaired) electrons. The lowest BCUT2D eigenvalue weighted by Crippen LogP contribution is -2.55. The molecule has 0 aliphatic carbocycles. The first-order valence-electron chi connectivity index (χ1n) is 8.13. The molecular weight excluding hydrogens is 358 g/mol. The van der Waals surface area contributed by atoms with Crippen LogP contribution in [0.15, 0.2) is 24.3 Å². The minimum atomic E-state index is -2.35. The molecule has 0 spiro atoms. The Balaban J connectivity index is 2.16. The predicted molar refractivity (Wildman–Crippen MR) is 88.3 cm³/mol. The second-order valence-electron chi connectivity index (χ2n) is 6.27. The SMILES string of the molecule is COC(=O)C1(C(=O)OC)O[C@H](c2ccc(OC)cc2)[C@@H]2C(=O)N(C)C(=O)[C@H]21. The van der Waals surface area contributed by atoms with E-state index in [0.29, 0.717) is 11.3 Å². The minimum absolute atomic E-state index is 0.511. The van der Waals surface area contributed by atoms with Crippen molar-refractivity contribution < 1.29 is 38.1 Å². The average molecular weight is 377 g/mol. The Labute approximate surface area is 155 Å². The number of ether oxygens (including phenoxy) is 4. The summed E-state index contributed by atoms with van der Waals surface area (Å²) >= 11 is 0. The van der Waals surface area contributed by atoms with Crippen molar-refractivity contribution in [2.75, 3.05) is 28.4 Å². The Morgan fingerprint density at radius 3 is 2.04 bits per heavy atom. The third-order valence-electron chi connectivity index (χ3n) is 5.07. The molecule has 0 unspecified atom stereocenters. The van der Waals surface area contributed by atoms with Gasteiger partial charge >= 0.3 is 11.9 Å². The van der Waals surface area contributed by atoms with Crippen molar-refractivity contribution in [2.24, 2.45) is 11.8 Å². The number of carbonyl (C=O) groups is 4. The van der Waals surface area contributed by atoms with Gasteiger partial charge in [0.1, 0.15) is 11.7 Å². The summed E-state index contributed by atoms with van der Waals surface area (Å²) in [5, 5.41) is 0. The number of amides is 2. The molecule has 1 aromatic rings. The number of likely N-dealkylation sites (tertiary alicyclic amines) is 1. The molecule has 0 N–H and O–H groups in total. The van der Waals surface area contributed by atoms with E-state index in [0.717, 1.165) is 19.1 Å². The Morgan fingerprint density at radius 1 is 1.00 bits per heavy atom. The van der Waals surface area contributed by atoms with Gasteiger partial charge in [-0.2, -0.15) is 0 Å². The largest absolute Gasteiger partial charge is 0.497 e. The summed E-state index contributed by atoms with van der Waals surface area (Å²) in [7, 11) is 4.94. The zero-order valence-corrected chi connectivity index (χ0v) is 15.3. The highest BCUT2D eigenvalue weighted by atomic mass is 16.6. The van der Waals surface area contributed by atoms with E-state index in [1.807, 2.05) is 0 Å². The average Bonchev–Trinajstić information content (AvgIpc) is 3.17. The number of esters is 2. The lowest BCUT2D eigenvalue weighted by atomic mass is 9.79. The molecule has 3 atom stereocenters. The van der Waals surface area contributed by atoms with Crippen molar-refractivity contribution in [3.63, 3.8) is 0 Å². The quantitative estimate of drug-likeness (QED) is 0.412.